The molecule has 0 saturated carbocycles. The first-order valence-electron chi connectivity index (χ1n) is 24.9. The molecular formula is C53H54BCl2N19O4. The summed E-state index contributed by atoms with van der Waals surface area (Å²) >= 11 is 11.5. The molecular weight excluding hydrogens is 1050 g/mol. The fourth-order valence-corrected chi connectivity index (χ4v) is 8.85. The summed E-state index contributed by atoms with van der Waals surface area (Å²) in [6, 6.07) is 25.6. The number of rotatable bonds is 6. The number of benzene rings is 2. The molecule has 402 valence electrons. The summed E-state index contributed by atoms with van der Waals surface area (Å²) in [6.45, 7) is 13.3. The lowest BCUT2D eigenvalue weighted by Gasteiger charge is -2.36. The third kappa shape index (κ3) is 14.0. The molecule has 0 spiro atoms. The Morgan fingerprint density at radius 3 is 1.52 bits per heavy atom. The van der Waals surface area contributed by atoms with Gasteiger partial charge in [0.1, 0.15) is 40.7 Å². The molecule has 6 N–H and O–H groups in total. The number of aromatic hydroxyl groups is 2. The van der Waals surface area contributed by atoms with E-state index in [9.17, 15) is 5.11 Å². The van der Waals surface area contributed by atoms with Gasteiger partial charge in [-0.3, -0.25) is 24.1 Å². The first kappa shape index (κ1) is 54.8. The highest BCUT2D eigenvalue weighted by Crippen LogP contribution is 2.25. The summed E-state index contributed by atoms with van der Waals surface area (Å²) in [6.07, 6.45) is 15.0. The van der Waals surface area contributed by atoms with Crippen LogP contribution in [-0.2, 0) is 0 Å². The Bertz CT molecular complexity index is 3700. The normalized spacial score (nSPS) is 13.1. The largest absolute Gasteiger partial charge is 0.508 e. The predicted molar refractivity (Wildman–Crippen MR) is 305 cm³/mol. The maximum atomic E-state index is 9.49. The molecule has 0 amide bonds. The molecule has 13 rings (SSSR count). The van der Waals surface area contributed by atoms with E-state index in [1.165, 1.54) is 11.9 Å². The van der Waals surface area contributed by atoms with Crippen molar-refractivity contribution in [3.05, 3.63) is 169 Å². The molecule has 0 unspecified atom stereocenters. The fraction of sp³-hybridized carbons (Fsp3) is 0.208. The van der Waals surface area contributed by atoms with Crippen LogP contribution in [0.5, 0.6) is 11.5 Å². The van der Waals surface area contributed by atoms with Crippen molar-refractivity contribution in [3.63, 3.8) is 0 Å². The van der Waals surface area contributed by atoms with Crippen molar-refractivity contribution in [2.24, 2.45) is 0 Å². The van der Waals surface area contributed by atoms with Gasteiger partial charge in [0, 0.05) is 94.0 Å². The van der Waals surface area contributed by atoms with Gasteiger partial charge in [-0.15, -0.1) is 0 Å². The molecule has 9 aromatic heterocycles. The number of H-pyrrole nitrogens is 1. The number of hydrogen-bond donors (Lipinski definition) is 6. The van der Waals surface area contributed by atoms with E-state index in [0.29, 0.717) is 22.5 Å². The van der Waals surface area contributed by atoms with E-state index in [2.05, 4.69) is 74.8 Å². The van der Waals surface area contributed by atoms with Crippen LogP contribution >= 0.6 is 23.2 Å². The number of imidazole rings is 3. The number of fused-ring (bicyclic) bond motifs is 3. The van der Waals surface area contributed by atoms with Crippen molar-refractivity contribution in [2.75, 3.05) is 67.1 Å². The van der Waals surface area contributed by atoms with Crippen LogP contribution in [0.3, 0.4) is 0 Å². The standard InChI is InChI=1S/C21H21N7O.C11H8ClN5.C10H14N2O.C6H5ClN4.C5H6BNO2/c1-15-19-20(28(14-23-19)17-3-2-8-22-13-17)25-21(24-15)27-11-9-26(10-12-27)16-4-6-18(29)7-5-16;1-7-9-10(16-11(12)15-7)17(6-14-9)8-3-2-4-13-5-8;13-10-3-1-9(2-4-10)12-7-5-11-6-8-12;1-3-4-5(9-2-8-4)11-6(7)10-3;8-6(9)5-2-1-3-7-4-5/h2-8,13-14,29H,9-12H2,1H3;2-6H,1H3;1-4,11,13H,5-8H2;2H,1H3,(H,8,9,10,11);1-4,8-9H. The van der Waals surface area contributed by atoms with E-state index in [1.54, 1.807) is 86.4 Å². The highest BCUT2D eigenvalue weighted by molar-refractivity contribution is 6.58. The molecule has 2 aromatic carbocycles. The van der Waals surface area contributed by atoms with Gasteiger partial charge >= 0.3 is 7.12 Å². The zero-order valence-corrected chi connectivity index (χ0v) is 44.7. The Morgan fingerprint density at radius 1 is 0.506 bits per heavy atom. The predicted octanol–water partition coefficient (Wildman–Crippen LogP) is 5.60. The molecule has 23 nitrogen and oxygen atoms in total. The minimum Gasteiger partial charge on any atom is -0.508 e. The van der Waals surface area contributed by atoms with Crippen LogP contribution in [0.15, 0.2) is 141 Å². The molecule has 2 fully saturated rings. The molecule has 2 saturated heterocycles. The molecule has 2 aliphatic rings. The Morgan fingerprint density at radius 2 is 1.00 bits per heavy atom. The van der Waals surface area contributed by atoms with Crippen LogP contribution in [0, 0.1) is 20.8 Å². The zero-order valence-electron chi connectivity index (χ0n) is 43.2. The number of nitrogens with zero attached hydrogens (tertiary/aromatic N) is 17. The summed E-state index contributed by atoms with van der Waals surface area (Å²) in [5.41, 5.74) is 11.5. The molecule has 11 heterocycles. The molecule has 2 aliphatic heterocycles. The minimum absolute atomic E-state index is 0.223. The first-order valence-corrected chi connectivity index (χ1v) is 25.7. The van der Waals surface area contributed by atoms with E-state index in [1.807, 2.05) is 78.4 Å². The third-order valence-corrected chi connectivity index (χ3v) is 12.8. The number of hydrogen-bond acceptors (Lipinski definition) is 20. The van der Waals surface area contributed by atoms with Crippen LogP contribution < -0.4 is 25.5 Å². The van der Waals surface area contributed by atoms with E-state index >= 15 is 0 Å². The number of pyridine rings is 3. The Kier molecular flexibility index (Phi) is 18.0. The van der Waals surface area contributed by atoms with Gasteiger partial charge in [0.2, 0.25) is 16.5 Å². The summed E-state index contributed by atoms with van der Waals surface area (Å²) in [5.74, 6) is 1.35. The first-order chi connectivity index (χ1) is 38.4. The van der Waals surface area contributed by atoms with Gasteiger partial charge in [-0.05, 0) is 123 Å². The van der Waals surface area contributed by atoms with Crippen molar-refractivity contribution in [3.8, 4) is 22.9 Å². The fourth-order valence-electron chi connectivity index (χ4n) is 8.43. The van der Waals surface area contributed by atoms with Crippen LogP contribution in [-0.4, -0.2) is 154 Å². The van der Waals surface area contributed by atoms with Crippen LogP contribution in [0.1, 0.15) is 17.1 Å². The van der Waals surface area contributed by atoms with E-state index in [0.717, 1.165) is 115 Å². The molecule has 79 heavy (non-hydrogen) atoms. The highest BCUT2D eigenvalue weighted by atomic mass is 35.5. The monoisotopic (exact) mass is 1100 g/mol. The van der Waals surface area contributed by atoms with Gasteiger partial charge in [-0.1, -0.05) is 6.07 Å². The van der Waals surface area contributed by atoms with Crippen molar-refractivity contribution < 1.29 is 20.3 Å². The van der Waals surface area contributed by atoms with Crippen molar-refractivity contribution >= 4 is 86.6 Å². The smallest absolute Gasteiger partial charge is 0.490 e. The molecule has 26 heteroatoms. The Balaban J connectivity index is 0.000000129. The summed E-state index contributed by atoms with van der Waals surface area (Å²) in [5, 5.41) is 39.5. The quantitative estimate of drug-likeness (QED) is 0.0873. The molecule has 0 atom stereocenters. The number of phenols is 2. The average molecular weight is 1100 g/mol. The van der Waals surface area contributed by atoms with Gasteiger partial charge in [0.15, 0.2) is 16.9 Å². The second-order valence-electron chi connectivity index (χ2n) is 17.8. The number of aromatic nitrogens is 15. The number of aryl methyl sites for hydroxylation is 3. The lowest BCUT2D eigenvalue weighted by atomic mass is 9.82. The van der Waals surface area contributed by atoms with E-state index < -0.39 is 7.12 Å². The lowest BCUT2D eigenvalue weighted by Crippen LogP contribution is -2.47. The number of phenolic OH excluding ortho intramolecular Hbond substituents is 2. The maximum absolute atomic E-state index is 9.49. The number of nitrogens with one attached hydrogen (secondary N) is 2. The zero-order chi connectivity index (χ0) is 55.3. The molecule has 11 aromatic rings. The number of piperazine rings is 2. The maximum Gasteiger partial charge on any atom is 0.490 e. The van der Waals surface area contributed by atoms with Crippen LogP contribution in [0.25, 0.3) is 44.9 Å². The summed E-state index contributed by atoms with van der Waals surface area (Å²) in [7, 11) is -1.40. The third-order valence-electron chi connectivity index (χ3n) is 12.5. The van der Waals surface area contributed by atoms with Crippen molar-refractivity contribution in [1.82, 2.24) is 79.2 Å². The lowest BCUT2D eigenvalue weighted by molar-refractivity contribution is 0.425. The Hall–Kier alpha value is -8.94. The van der Waals surface area contributed by atoms with Crippen LogP contribution in [0.2, 0.25) is 10.6 Å². The van der Waals surface area contributed by atoms with E-state index in [-0.39, 0.29) is 16.3 Å². The van der Waals surface area contributed by atoms with Crippen molar-refractivity contribution in [1.29, 1.82) is 0 Å². The second kappa shape index (κ2) is 25.9. The van der Waals surface area contributed by atoms with Gasteiger partial charge in [-0.25, -0.2) is 29.9 Å². The van der Waals surface area contributed by atoms with Crippen LogP contribution in [0.4, 0.5) is 17.3 Å². The average Bonchev–Trinajstić information content (AvgIpc) is 4.26. The molecule has 0 aliphatic carbocycles. The summed E-state index contributed by atoms with van der Waals surface area (Å²) < 4.78 is 3.79. The van der Waals surface area contributed by atoms with Gasteiger partial charge in [0.25, 0.3) is 0 Å². The minimum atomic E-state index is -1.40. The SMILES string of the molecule is Cc1nc(Cl)nc2c1ncn2-c1cccnc1.Cc1nc(Cl)nc2nc[nH]c12.Cc1nc(N2CCN(c3ccc(O)cc3)CC2)nc2c1ncn2-c1cccnc1.OB(O)c1cccnc1.Oc1ccc(N2CCNCC2)cc1. The summed E-state index contributed by atoms with van der Waals surface area (Å²) in [4.78, 5) is 60.1. The number of anilines is 3. The van der Waals surface area contributed by atoms with Gasteiger partial charge < -0.3 is 45.3 Å². The molecule has 0 radical (unpaired) electrons. The number of aromatic amines is 1. The topological polar surface area (TPSA) is 283 Å². The van der Waals surface area contributed by atoms with E-state index in [4.69, 9.17) is 48.3 Å². The molecule has 0 bridgehead atoms. The van der Waals surface area contributed by atoms with Gasteiger partial charge in [0.05, 0.1) is 47.2 Å². The Labute approximate surface area is 463 Å². The second-order valence-corrected chi connectivity index (χ2v) is 18.4. The van der Waals surface area contributed by atoms with Crippen molar-refractivity contribution in [2.45, 2.75) is 20.8 Å². The highest BCUT2D eigenvalue weighted by Gasteiger charge is 2.22. The number of halogens is 2. The van der Waals surface area contributed by atoms with Gasteiger partial charge in [-0.2, -0.15) is 15.0 Å².